The molecule has 2 aromatic rings. The third-order valence-corrected chi connectivity index (χ3v) is 4.06. The normalized spacial score (nSPS) is 11.8. The van der Waals surface area contributed by atoms with Crippen molar-refractivity contribution in [2.45, 2.75) is 5.25 Å². The van der Waals surface area contributed by atoms with Gasteiger partial charge in [-0.05, 0) is 17.2 Å². The standard InChI is InChI=1S/C15H11ClO2S/c16-14(17)13(11-7-3-1-4-8-11)19-15(18)12-9-5-2-6-10-12/h1-10,13H. The number of halogens is 1. The monoisotopic (exact) mass is 290 g/mol. The van der Waals surface area contributed by atoms with Crippen molar-refractivity contribution in [3.05, 3.63) is 71.8 Å². The molecule has 0 saturated heterocycles. The Labute approximate surface area is 120 Å². The van der Waals surface area contributed by atoms with Crippen molar-refractivity contribution in [1.29, 1.82) is 0 Å². The third-order valence-electron chi connectivity index (χ3n) is 2.54. The molecule has 0 bridgehead atoms. The molecule has 0 heterocycles. The molecule has 0 aromatic heterocycles. The summed E-state index contributed by atoms with van der Waals surface area (Å²) >= 11 is 6.54. The first-order chi connectivity index (χ1) is 9.18. The van der Waals surface area contributed by atoms with Gasteiger partial charge in [-0.15, -0.1) is 0 Å². The van der Waals surface area contributed by atoms with Gasteiger partial charge in [-0.2, -0.15) is 0 Å². The van der Waals surface area contributed by atoms with Crippen molar-refractivity contribution in [3.63, 3.8) is 0 Å². The molecule has 0 aliphatic carbocycles. The fourth-order valence-electron chi connectivity index (χ4n) is 1.62. The van der Waals surface area contributed by atoms with Crippen LogP contribution in [0.5, 0.6) is 0 Å². The first kappa shape index (κ1) is 13.8. The summed E-state index contributed by atoms with van der Waals surface area (Å²) in [6, 6.07) is 17.9. The maximum atomic E-state index is 12.1. The van der Waals surface area contributed by atoms with Crippen LogP contribution >= 0.6 is 23.4 Å². The zero-order valence-electron chi connectivity index (χ0n) is 9.95. The van der Waals surface area contributed by atoms with E-state index in [0.717, 1.165) is 17.3 Å². The second-order valence-electron chi connectivity index (χ2n) is 3.87. The molecule has 2 rings (SSSR count). The van der Waals surface area contributed by atoms with Gasteiger partial charge in [-0.3, -0.25) is 9.59 Å². The number of benzene rings is 2. The molecule has 96 valence electrons. The highest BCUT2D eigenvalue weighted by Crippen LogP contribution is 2.33. The van der Waals surface area contributed by atoms with Crippen LogP contribution < -0.4 is 0 Å². The average molecular weight is 291 g/mol. The maximum Gasteiger partial charge on any atom is 0.239 e. The Kier molecular flexibility index (Phi) is 4.77. The van der Waals surface area contributed by atoms with Crippen LogP contribution in [0.3, 0.4) is 0 Å². The van der Waals surface area contributed by atoms with Crippen LogP contribution in [-0.2, 0) is 4.79 Å². The van der Waals surface area contributed by atoms with Crippen LogP contribution in [-0.4, -0.2) is 10.4 Å². The van der Waals surface area contributed by atoms with Crippen LogP contribution in [0.4, 0.5) is 0 Å². The van der Waals surface area contributed by atoms with Gasteiger partial charge in [0.2, 0.25) is 10.4 Å². The van der Waals surface area contributed by atoms with Gasteiger partial charge in [-0.25, -0.2) is 0 Å². The maximum absolute atomic E-state index is 12.1. The van der Waals surface area contributed by atoms with E-state index in [1.807, 2.05) is 24.3 Å². The SMILES string of the molecule is O=C(SC(C(=O)Cl)c1ccccc1)c1ccccc1. The lowest BCUT2D eigenvalue weighted by atomic mass is 10.2. The molecule has 0 radical (unpaired) electrons. The minimum absolute atomic E-state index is 0.163. The Morgan fingerprint density at radius 2 is 1.42 bits per heavy atom. The van der Waals surface area contributed by atoms with E-state index in [-0.39, 0.29) is 5.12 Å². The van der Waals surface area contributed by atoms with Gasteiger partial charge in [0.15, 0.2) is 0 Å². The van der Waals surface area contributed by atoms with Crippen LogP contribution in [0.15, 0.2) is 60.7 Å². The molecule has 1 unspecified atom stereocenters. The minimum atomic E-state index is -0.671. The van der Waals surface area contributed by atoms with Gasteiger partial charge in [0.25, 0.3) is 0 Å². The summed E-state index contributed by atoms with van der Waals surface area (Å²) in [5.41, 5.74) is 1.29. The molecule has 0 saturated carbocycles. The third kappa shape index (κ3) is 3.69. The van der Waals surface area contributed by atoms with Crippen LogP contribution in [0.2, 0.25) is 0 Å². The van der Waals surface area contributed by atoms with Crippen LogP contribution in [0, 0.1) is 0 Å². The van der Waals surface area contributed by atoms with E-state index >= 15 is 0 Å². The van der Waals surface area contributed by atoms with Crippen molar-refractivity contribution in [2.75, 3.05) is 0 Å². The number of hydrogen-bond acceptors (Lipinski definition) is 3. The molecule has 1 atom stereocenters. The summed E-state index contributed by atoms with van der Waals surface area (Å²) in [6.07, 6.45) is 0. The van der Waals surface area contributed by atoms with Gasteiger partial charge in [0.1, 0.15) is 5.25 Å². The van der Waals surface area contributed by atoms with Crippen molar-refractivity contribution in [2.24, 2.45) is 0 Å². The van der Waals surface area contributed by atoms with Gasteiger partial charge in [-0.1, -0.05) is 72.4 Å². The molecule has 0 N–H and O–H groups in total. The Bertz CT molecular complexity index is 569. The summed E-state index contributed by atoms with van der Waals surface area (Å²) in [5.74, 6) is 0. The highest BCUT2D eigenvalue weighted by molar-refractivity contribution is 8.15. The number of thioether (sulfide) groups is 1. The summed E-state index contributed by atoms with van der Waals surface area (Å²) in [5, 5.41) is -1.38. The summed E-state index contributed by atoms with van der Waals surface area (Å²) in [4.78, 5) is 23.6. The zero-order chi connectivity index (χ0) is 13.7. The fourth-order valence-corrected chi connectivity index (χ4v) is 2.75. The number of hydrogen-bond donors (Lipinski definition) is 0. The summed E-state index contributed by atoms with van der Waals surface area (Å²) in [6.45, 7) is 0. The quantitative estimate of drug-likeness (QED) is 0.796. The number of carbonyl (C=O) groups is 2. The fraction of sp³-hybridized carbons (Fsp3) is 0.0667. The summed E-state index contributed by atoms with van der Waals surface area (Å²) in [7, 11) is 0. The van der Waals surface area contributed by atoms with Crippen molar-refractivity contribution < 1.29 is 9.59 Å². The molecule has 0 fully saturated rings. The van der Waals surface area contributed by atoms with Gasteiger partial charge in [0.05, 0.1) is 0 Å². The largest absolute Gasteiger partial charge is 0.282 e. The van der Waals surface area contributed by atoms with Crippen LogP contribution in [0.25, 0.3) is 0 Å². The molecular weight excluding hydrogens is 280 g/mol. The first-order valence-electron chi connectivity index (χ1n) is 5.69. The van der Waals surface area contributed by atoms with E-state index < -0.39 is 10.5 Å². The molecule has 19 heavy (non-hydrogen) atoms. The van der Waals surface area contributed by atoms with Crippen molar-refractivity contribution in [1.82, 2.24) is 0 Å². The van der Waals surface area contributed by atoms with Crippen LogP contribution in [0.1, 0.15) is 21.2 Å². The Morgan fingerprint density at radius 1 is 0.895 bits per heavy atom. The molecule has 0 aliphatic rings. The molecule has 0 aliphatic heterocycles. The van der Waals surface area contributed by atoms with E-state index in [1.165, 1.54) is 0 Å². The Hall–Kier alpha value is -1.58. The minimum Gasteiger partial charge on any atom is -0.282 e. The van der Waals surface area contributed by atoms with E-state index in [2.05, 4.69) is 0 Å². The van der Waals surface area contributed by atoms with E-state index in [9.17, 15) is 9.59 Å². The lowest BCUT2D eigenvalue weighted by Gasteiger charge is -2.11. The van der Waals surface area contributed by atoms with Crippen molar-refractivity contribution >= 4 is 33.7 Å². The number of carbonyl (C=O) groups excluding carboxylic acids is 2. The first-order valence-corrected chi connectivity index (χ1v) is 6.94. The topological polar surface area (TPSA) is 34.1 Å². The molecule has 4 heteroatoms. The van der Waals surface area contributed by atoms with Gasteiger partial charge < -0.3 is 0 Å². The van der Waals surface area contributed by atoms with Gasteiger partial charge >= 0.3 is 0 Å². The Morgan fingerprint density at radius 3 is 1.95 bits per heavy atom. The smallest absolute Gasteiger partial charge is 0.239 e. The number of rotatable bonds is 4. The highest BCUT2D eigenvalue weighted by atomic mass is 35.5. The van der Waals surface area contributed by atoms with E-state index in [1.54, 1.807) is 36.4 Å². The predicted molar refractivity (Wildman–Crippen MR) is 78.4 cm³/mol. The molecular formula is C15H11ClO2S. The molecule has 2 nitrogen and oxygen atoms in total. The lowest BCUT2D eigenvalue weighted by Crippen LogP contribution is -2.06. The molecule has 0 amide bonds. The van der Waals surface area contributed by atoms with Gasteiger partial charge in [0, 0.05) is 5.56 Å². The lowest BCUT2D eigenvalue weighted by molar-refractivity contribution is -0.111. The van der Waals surface area contributed by atoms with Crippen molar-refractivity contribution in [3.8, 4) is 0 Å². The zero-order valence-corrected chi connectivity index (χ0v) is 11.5. The van der Waals surface area contributed by atoms with E-state index in [4.69, 9.17) is 11.6 Å². The summed E-state index contributed by atoms with van der Waals surface area (Å²) < 4.78 is 0. The predicted octanol–water partition coefficient (Wildman–Crippen LogP) is 4.07. The second kappa shape index (κ2) is 6.55. The second-order valence-corrected chi connectivity index (χ2v) is 5.32. The van der Waals surface area contributed by atoms with E-state index in [0.29, 0.717) is 5.56 Å². The highest BCUT2D eigenvalue weighted by Gasteiger charge is 2.23. The Balaban J connectivity index is 2.19. The molecule has 2 aromatic carbocycles. The average Bonchev–Trinajstić information content (AvgIpc) is 2.46. The molecule has 0 spiro atoms.